The molecule has 4 aromatic rings. The average molecular weight is 545 g/mol. The van der Waals surface area contributed by atoms with Crippen LogP contribution in [0.4, 0.5) is 5.95 Å². The number of nitrogens with one attached hydrogen (secondary N) is 2. The Bertz CT molecular complexity index is 1400. The molecule has 0 spiro atoms. The third kappa shape index (κ3) is 6.99. The molecule has 204 valence electrons. The number of nitrogens with zero attached hydrogens (tertiary/aromatic N) is 4. The van der Waals surface area contributed by atoms with Gasteiger partial charge in [-0.05, 0) is 61.6 Å². The van der Waals surface area contributed by atoms with E-state index in [9.17, 15) is 9.90 Å². The van der Waals surface area contributed by atoms with Gasteiger partial charge in [-0.25, -0.2) is 9.97 Å². The smallest absolute Gasteiger partial charge is 0.251 e. The highest BCUT2D eigenvalue weighted by atomic mass is 32.1. The van der Waals surface area contributed by atoms with Crippen LogP contribution in [-0.4, -0.2) is 83.6 Å². The van der Waals surface area contributed by atoms with E-state index in [-0.39, 0.29) is 12.5 Å². The van der Waals surface area contributed by atoms with Crippen molar-refractivity contribution in [1.29, 1.82) is 0 Å². The summed E-state index contributed by atoms with van der Waals surface area (Å²) in [5.41, 5.74) is 3.26. The number of amides is 1. The number of hydrogen-bond acceptors (Lipinski definition) is 8. The van der Waals surface area contributed by atoms with Crippen molar-refractivity contribution in [3.05, 3.63) is 77.5 Å². The molecule has 1 amide bonds. The monoisotopic (exact) mass is 544 g/mol. The standard InChI is InChI=1S/C30H36N6O2S/c1-21-19-33-30(31-11-6-12-36-15-13-35(2)14-16-36)34-28(21)27-17-23-9-10-24(18-26(23)39-27)29(38)32-20-25(37)22-7-4-3-5-8-22/h3-5,7-10,17-19,25,37H,6,11-16,20H2,1-2H3,(H,32,38)(H,31,33,34). The Labute approximate surface area is 233 Å². The van der Waals surface area contributed by atoms with Crippen LogP contribution in [0, 0.1) is 6.92 Å². The Morgan fingerprint density at radius 2 is 1.90 bits per heavy atom. The number of hydrogen-bond donors (Lipinski definition) is 3. The fourth-order valence-electron chi connectivity index (χ4n) is 4.72. The molecule has 2 aromatic carbocycles. The average Bonchev–Trinajstić information content (AvgIpc) is 3.39. The number of piperazine rings is 1. The Hall–Kier alpha value is -3.37. The third-order valence-electron chi connectivity index (χ3n) is 7.16. The van der Waals surface area contributed by atoms with Gasteiger partial charge in [-0.3, -0.25) is 4.79 Å². The number of rotatable bonds is 10. The van der Waals surface area contributed by atoms with E-state index in [0.717, 1.165) is 77.5 Å². The molecule has 9 heteroatoms. The van der Waals surface area contributed by atoms with Gasteiger partial charge in [0.05, 0.1) is 16.7 Å². The molecule has 0 aliphatic carbocycles. The molecule has 1 saturated heterocycles. The van der Waals surface area contributed by atoms with Crippen LogP contribution >= 0.6 is 11.3 Å². The maximum atomic E-state index is 12.8. The number of likely N-dealkylation sites (N-methyl/N-ethyl adjacent to an activating group) is 1. The van der Waals surface area contributed by atoms with Crippen molar-refractivity contribution in [3.8, 4) is 10.6 Å². The Morgan fingerprint density at radius 1 is 1.10 bits per heavy atom. The normalized spacial score (nSPS) is 15.4. The number of thiophene rings is 1. The molecule has 8 nitrogen and oxygen atoms in total. The van der Waals surface area contributed by atoms with Crippen LogP contribution in [0.1, 0.15) is 34.0 Å². The summed E-state index contributed by atoms with van der Waals surface area (Å²) in [7, 11) is 2.18. The minimum Gasteiger partial charge on any atom is -0.387 e. The zero-order valence-electron chi connectivity index (χ0n) is 22.6. The Kier molecular flexibility index (Phi) is 8.83. The van der Waals surface area contributed by atoms with Gasteiger partial charge < -0.3 is 25.5 Å². The first kappa shape index (κ1) is 27.2. The summed E-state index contributed by atoms with van der Waals surface area (Å²) in [6.45, 7) is 8.62. The van der Waals surface area contributed by atoms with Crippen LogP contribution in [0.15, 0.2) is 60.8 Å². The molecule has 1 aliphatic heterocycles. The van der Waals surface area contributed by atoms with Crippen LogP contribution < -0.4 is 10.6 Å². The van der Waals surface area contributed by atoms with E-state index in [2.05, 4.69) is 38.5 Å². The van der Waals surface area contributed by atoms with Crippen molar-refractivity contribution in [2.75, 3.05) is 58.2 Å². The van der Waals surface area contributed by atoms with Gasteiger partial charge in [0.2, 0.25) is 5.95 Å². The number of aliphatic hydroxyl groups is 1. The van der Waals surface area contributed by atoms with Gasteiger partial charge in [0.1, 0.15) is 0 Å². The highest BCUT2D eigenvalue weighted by Crippen LogP contribution is 2.35. The van der Waals surface area contributed by atoms with Crippen LogP contribution in [0.25, 0.3) is 20.7 Å². The molecule has 1 aliphatic rings. The number of fused-ring (bicyclic) bond motifs is 1. The molecule has 3 N–H and O–H groups in total. The summed E-state index contributed by atoms with van der Waals surface area (Å²) in [6.07, 6.45) is 2.17. The molecule has 0 radical (unpaired) electrons. The van der Waals surface area contributed by atoms with Crippen molar-refractivity contribution < 1.29 is 9.90 Å². The predicted octanol–water partition coefficient (Wildman–Crippen LogP) is 4.18. The lowest BCUT2D eigenvalue weighted by atomic mass is 10.1. The first-order valence-corrected chi connectivity index (χ1v) is 14.3. The fourth-order valence-corrected chi connectivity index (χ4v) is 5.88. The van der Waals surface area contributed by atoms with Crippen molar-refractivity contribution in [3.63, 3.8) is 0 Å². The molecule has 1 fully saturated rings. The number of anilines is 1. The minimum atomic E-state index is -0.748. The summed E-state index contributed by atoms with van der Waals surface area (Å²) >= 11 is 1.62. The van der Waals surface area contributed by atoms with Crippen LogP contribution in [-0.2, 0) is 0 Å². The number of carbonyl (C=O) groups is 1. The third-order valence-corrected chi connectivity index (χ3v) is 8.26. The summed E-state index contributed by atoms with van der Waals surface area (Å²) in [5.74, 6) is 0.437. The van der Waals surface area contributed by atoms with Crippen molar-refractivity contribution in [2.24, 2.45) is 0 Å². The minimum absolute atomic E-state index is 0.155. The summed E-state index contributed by atoms with van der Waals surface area (Å²) in [6, 6.07) is 17.1. The number of aromatic nitrogens is 2. The highest BCUT2D eigenvalue weighted by molar-refractivity contribution is 7.22. The maximum Gasteiger partial charge on any atom is 0.251 e. The largest absolute Gasteiger partial charge is 0.387 e. The summed E-state index contributed by atoms with van der Waals surface area (Å²) in [4.78, 5) is 28.0. The zero-order valence-corrected chi connectivity index (χ0v) is 23.4. The van der Waals surface area contributed by atoms with Crippen LogP contribution in [0.3, 0.4) is 0 Å². The molecule has 2 aromatic heterocycles. The fraction of sp³-hybridized carbons (Fsp3) is 0.367. The Balaban J connectivity index is 1.20. The predicted molar refractivity (Wildman–Crippen MR) is 158 cm³/mol. The van der Waals surface area contributed by atoms with Crippen LogP contribution in [0.5, 0.6) is 0 Å². The molecule has 5 rings (SSSR count). The van der Waals surface area contributed by atoms with Gasteiger partial charge >= 0.3 is 0 Å². The molecule has 1 unspecified atom stereocenters. The molecular weight excluding hydrogens is 508 g/mol. The van der Waals surface area contributed by atoms with Crippen molar-refractivity contribution >= 4 is 33.3 Å². The van der Waals surface area contributed by atoms with Crippen LogP contribution in [0.2, 0.25) is 0 Å². The molecular formula is C30H36N6O2S. The van der Waals surface area contributed by atoms with E-state index in [0.29, 0.717) is 11.5 Å². The lowest BCUT2D eigenvalue weighted by Gasteiger charge is -2.32. The van der Waals surface area contributed by atoms with E-state index in [4.69, 9.17) is 4.98 Å². The van der Waals surface area contributed by atoms with Gasteiger partial charge in [-0.15, -0.1) is 11.3 Å². The summed E-state index contributed by atoms with van der Waals surface area (Å²) in [5, 5.41) is 17.7. The van der Waals surface area contributed by atoms with E-state index in [1.807, 2.05) is 61.7 Å². The first-order valence-electron chi connectivity index (χ1n) is 13.5. The second-order valence-electron chi connectivity index (χ2n) is 10.2. The first-order chi connectivity index (χ1) is 19.0. The molecule has 1 atom stereocenters. The van der Waals surface area contributed by atoms with E-state index < -0.39 is 6.10 Å². The van der Waals surface area contributed by atoms with Gasteiger partial charge in [0, 0.05) is 55.7 Å². The topological polar surface area (TPSA) is 93.6 Å². The van der Waals surface area contributed by atoms with Gasteiger partial charge in [0.15, 0.2) is 0 Å². The van der Waals surface area contributed by atoms with E-state index in [1.54, 1.807) is 11.3 Å². The Morgan fingerprint density at radius 3 is 2.69 bits per heavy atom. The van der Waals surface area contributed by atoms with E-state index in [1.165, 1.54) is 0 Å². The number of aliphatic hydroxyl groups excluding tert-OH is 1. The van der Waals surface area contributed by atoms with Gasteiger partial charge in [-0.2, -0.15) is 0 Å². The number of benzene rings is 2. The maximum absolute atomic E-state index is 12.8. The lowest BCUT2D eigenvalue weighted by molar-refractivity contribution is 0.0916. The second-order valence-corrected chi connectivity index (χ2v) is 11.2. The quantitative estimate of drug-likeness (QED) is 0.258. The lowest BCUT2D eigenvalue weighted by Crippen LogP contribution is -2.44. The highest BCUT2D eigenvalue weighted by Gasteiger charge is 2.15. The molecule has 0 bridgehead atoms. The van der Waals surface area contributed by atoms with Crippen molar-refractivity contribution in [2.45, 2.75) is 19.4 Å². The molecule has 39 heavy (non-hydrogen) atoms. The number of aryl methyl sites for hydroxylation is 1. The molecule has 0 saturated carbocycles. The van der Waals surface area contributed by atoms with Crippen molar-refractivity contribution in [1.82, 2.24) is 25.1 Å². The SMILES string of the molecule is Cc1cnc(NCCCN2CCN(C)CC2)nc1-c1cc2ccc(C(=O)NCC(O)c3ccccc3)cc2s1. The number of carbonyl (C=O) groups excluding carboxylic acids is 1. The zero-order chi connectivity index (χ0) is 27.2. The summed E-state index contributed by atoms with van der Waals surface area (Å²) < 4.78 is 1.01. The molecule has 3 heterocycles. The van der Waals surface area contributed by atoms with Gasteiger partial charge in [0.25, 0.3) is 5.91 Å². The van der Waals surface area contributed by atoms with Gasteiger partial charge in [-0.1, -0.05) is 36.4 Å². The van der Waals surface area contributed by atoms with E-state index >= 15 is 0 Å². The second kappa shape index (κ2) is 12.7.